The third kappa shape index (κ3) is 3.49. The lowest BCUT2D eigenvalue weighted by Gasteiger charge is -2.17. The molecule has 0 saturated carbocycles. The van der Waals surface area contributed by atoms with Crippen molar-refractivity contribution in [2.24, 2.45) is 5.92 Å². The van der Waals surface area contributed by atoms with E-state index in [2.05, 4.69) is 5.32 Å². The maximum atomic E-state index is 12.4. The molecule has 1 unspecified atom stereocenters. The van der Waals surface area contributed by atoms with Gasteiger partial charge in [0.1, 0.15) is 6.04 Å². The number of carboxylic acid groups (broad SMARTS) is 1. The average molecular weight is 303 g/mol. The molecule has 2 rings (SSSR count). The molecule has 0 radical (unpaired) electrons. The zero-order valence-corrected chi connectivity index (χ0v) is 12.7. The first-order chi connectivity index (χ1) is 10.0. The van der Waals surface area contributed by atoms with Crippen LogP contribution in [0.4, 0.5) is 0 Å². The quantitative estimate of drug-likeness (QED) is 0.891. The second-order valence-electron chi connectivity index (χ2n) is 5.06. The molecule has 21 heavy (non-hydrogen) atoms. The molecular formula is C16H17NO3S. The first-order valence-electron chi connectivity index (χ1n) is 6.67. The van der Waals surface area contributed by atoms with Crippen molar-refractivity contribution in [3.05, 3.63) is 46.7 Å². The van der Waals surface area contributed by atoms with Gasteiger partial charge in [-0.1, -0.05) is 44.2 Å². The van der Waals surface area contributed by atoms with Gasteiger partial charge < -0.3 is 10.4 Å². The summed E-state index contributed by atoms with van der Waals surface area (Å²) in [6.07, 6.45) is 0. The van der Waals surface area contributed by atoms with Crippen molar-refractivity contribution in [1.82, 2.24) is 5.32 Å². The Balaban J connectivity index is 2.25. The Morgan fingerprint density at radius 2 is 1.81 bits per heavy atom. The van der Waals surface area contributed by atoms with E-state index in [1.54, 1.807) is 13.8 Å². The summed E-state index contributed by atoms with van der Waals surface area (Å²) in [5.74, 6) is -1.53. The lowest BCUT2D eigenvalue weighted by molar-refractivity contribution is -0.140. The third-order valence-corrected chi connectivity index (χ3v) is 4.09. The summed E-state index contributed by atoms with van der Waals surface area (Å²) in [7, 11) is 0. The zero-order valence-electron chi connectivity index (χ0n) is 11.9. The summed E-state index contributed by atoms with van der Waals surface area (Å²) in [6.45, 7) is 3.54. The van der Waals surface area contributed by atoms with Gasteiger partial charge in [-0.15, -0.1) is 11.3 Å². The minimum Gasteiger partial charge on any atom is -0.480 e. The van der Waals surface area contributed by atoms with Gasteiger partial charge >= 0.3 is 5.97 Å². The van der Waals surface area contributed by atoms with E-state index >= 15 is 0 Å². The van der Waals surface area contributed by atoms with Crippen molar-refractivity contribution in [2.75, 3.05) is 0 Å². The van der Waals surface area contributed by atoms with Crippen molar-refractivity contribution in [3.8, 4) is 11.1 Å². The Morgan fingerprint density at radius 1 is 1.14 bits per heavy atom. The van der Waals surface area contributed by atoms with Crippen molar-refractivity contribution >= 4 is 23.2 Å². The molecule has 110 valence electrons. The maximum Gasteiger partial charge on any atom is 0.326 e. The van der Waals surface area contributed by atoms with E-state index < -0.39 is 12.0 Å². The Hall–Kier alpha value is -2.14. The lowest BCUT2D eigenvalue weighted by Crippen LogP contribution is -2.44. The molecule has 2 N–H and O–H groups in total. The van der Waals surface area contributed by atoms with Gasteiger partial charge in [-0.2, -0.15) is 0 Å². The van der Waals surface area contributed by atoms with Crippen LogP contribution in [0.1, 0.15) is 23.5 Å². The Bertz CT molecular complexity index is 634. The van der Waals surface area contributed by atoms with Gasteiger partial charge in [0.05, 0.1) is 4.88 Å². The highest BCUT2D eigenvalue weighted by molar-refractivity contribution is 7.12. The molecule has 0 saturated heterocycles. The number of carbonyl (C=O) groups excluding carboxylic acids is 1. The van der Waals surface area contributed by atoms with E-state index in [1.807, 2.05) is 41.8 Å². The smallest absolute Gasteiger partial charge is 0.326 e. The summed E-state index contributed by atoms with van der Waals surface area (Å²) in [5, 5.41) is 13.6. The molecule has 1 aromatic heterocycles. The predicted molar refractivity (Wildman–Crippen MR) is 83.5 cm³/mol. The summed E-state index contributed by atoms with van der Waals surface area (Å²) in [6, 6.07) is 10.6. The number of carbonyl (C=O) groups is 2. The number of benzene rings is 1. The monoisotopic (exact) mass is 303 g/mol. The fourth-order valence-electron chi connectivity index (χ4n) is 2.05. The summed E-state index contributed by atoms with van der Waals surface area (Å²) >= 11 is 1.31. The number of nitrogens with one attached hydrogen (secondary N) is 1. The van der Waals surface area contributed by atoms with Crippen LogP contribution in [0.25, 0.3) is 11.1 Å². The second-order valence-corrected chi connectivity index (χ2v) is 5.98. The van der Waals surface area contributed by atoms with Crippen LogP contribution in [0.15, 0.2) is 41.8 Å². The Kier molecular flexibility index (Phi) is 4.75. The molecule has 4 nitrogen and oxygen atoms in total. The molecule has 0 spiro atoms. The van der Waals surface area contributed by atoms with Crippen molar-refractivity contribution in [1.29, 1.82) is 0 Å². The first kappa shape index (κ1) is 15.3. The number of hydrogen-bond acceptors (Lipinski definition) is 3. The van der Waals surface area contributed by atoms with Gasteiger partial charge in [-0.25, -0.2) is 4.79 Å². The zero-order chi connectivity index (χ0) is 15.4. The fraction of sp³-hybridized carbons (Fsp3) is 0.250. The van der Waals surface area contributed by atoms with Crippen LogP contribution in [-0.4, -0.2) is 23.0 Å². The van der Waals surface area contributed by atoms with Gasteiger partial charge in [0.15, 0.2) is 0 Å². The SMILES string of the molecule is CC(C)C(NC(=O)c1sccc1-c1ccccc1)C(=O)O. The number of amides is 1. The van der Waals surface area contributed by atoms with E-state index in [0.717, 1.165) is 11.1 Å². The van der Waals surface area contributed by atoms with Crippen LogP contribution in [-0.2, 0) is 4.79 Å². The van der Waals surface area contributed by atoms with Crippen LogP contribution in [0.2, 0.25) is 0 Å². The molecule has 5 heteroatoms. The van der Waals surface area contributed by atoms with Gasteiger partial charge in [-0.05, 0) is 22.9 Å². The molecule has 1 atom stereocenters. The fourth-order valence-corrected chi connectivity index (χ4v) is 2.87. The molecular weight excluding hydrogens is 286 g/mol. The van der Waals surface area contributed by atoms with Crippen LogP contribution in [0, 0.1) is 5.92 Å². The molecule has 0 fully saturated rings. The predicted octanol–water partition coefficient (Wildman–Crippen LogP) is 3.25. The summed E-state index contributed by atoms with van der Waals surface area (Å²) in [4.78, 5) is 24.1. The van der Waals surface area contributed by atoms with E-state index in [4.69, 9.17) is 5.11 Å². The minimum atomic E-state index is -1.02. The summed E-state index contributed by atoms with van der Waals surface area (Å²) < 4.78 is 0. The number of thiophene rings is 1. The molecule has 1 aromatic carbocycles. The Morgan fingerprint density at radius 3 is 2.38 bits per heavy atom. The van der Waals surface area contributed by atoms with Gasteiger partial charge in [0.25, 0.3) is 5.91 Å². The molecule has 0 aliphatic heterocycles. The van der Waals surface area contributed by atoms with Crippen LogP contribution < -0.4 is 5.32 Å². The van der Waals surface area contributed by atoms with Crippen molar-refractivity contribution < 1.29 is 14.7 Å². The van der Waals surface area contributed by atoms with E-state index in [0.29, 0.717) is 4.88 Å². The highest BCUT2D eigenvalue weighted by atomic mass is 32.1. The highest BCUT2D eigenvalue weighted by Gasteiger charge is 2.25. The molecule has 2 aromatic rings. The van der Waals surface area contributed by atoms with Gasteiger partial charge in [0, 0.05) is 5.56 Å². The topological polar surface area (TPSA) is 66.4 Å². The van der Waals surface area contributed by atoms with E-state index in [-0.39, 0.29) is 11.8 Å². The van der Waals surface area contributed by atoms with Gasteiger partial charge in [0.2, 0.25) is 0 Å². The minimum absolute atomic E-state index is 0.174. The number of hydrogen-bond donors (Lipinski definition) is 2. The third-order valence-electron chi connectivity index (χ3n) is 3.18. The normalized spacial score (nSPS) is 12.1. The standard InChI is InChI=1S/C16H17NO3S/c1-10(2)13(16(19)20)17-15(18)14-12(8-9-21-14)11-6-4-3-5-7-11/h3-10,13H,1-2H3,(H,17,18)(H,19,20). The highest BCUT2D eigenvalue weighted by Crippen LogP contribution is 2.28. The molecule has 0 bridgehead atoms. The van der Waals surface area contributed by atoms with E-state index in [9.17, 15) is 9.59 Å². The Labute approximate surface area is 127 Å². The number of rotatable bonds is 5. The first-order valence-corrected chi connectivity index (χ1v) is 7.55. The second kappa shape index (κ2) is 6.54. The van der Waals surface area contributed by atoms with Crippen molar-refractivity contribution in [2.45, 2.75) is 19.9 Å². The van der Waals surface area contributed by atoms with Crippen LogP contribution in [0.5, 0.6) is 0 Å². The van der Waals surface area contributed by atoms with Crippen LogP contribution >= 0.6 is 11.3 Å². The van der Waals surface area contributed by atoms with Crippen molar-refractivity contribution in [3.63, 3.8) is 0 Å². The number of carboxylic acids is 1. The molecule has 0 aliphatic rings. The molecule has 1 amide bonds. The van der Waals surface area contributed by atoms with E-state index in [1.165, 1.54) is 11.3 Å². The number of aliphatic carboxylic acids is 1. The largest absolute Gasteiger partial charge is 0.480 e. The van der Waals surface area contributed by atoms with Crippen LogP contribution in [0.3, 0.4) is 0 Å². The average Bonchev–Trinajstić information content (AvgIpc) is 2.94. The lowest BCUT2D eigenvalue weighted by atomic mass is 10.0. The molecule has 0 aliphatic carbocycles. The molecule has 1 heterocycles. The summed E-state index contributed by atoms with van der Waals surface area (Å²) in [5.41, 5.74) is 1.77. The van der Waals surface area contributed by atoms with Gasteiger partial charge in [-0.3, -0.25) is 4.79 Å². The maximum absolute atomic E-state index is 12.4.